The van der Waals surface area contributed by atoms with Crippen LogP contribution in [0.3, 0.4) is 0 Å². The maximum atomic E-state index is 12.6. The average Bonchev–Trinajstić information content (AvgIpc) is 2.76. The van der Waals surface area contributed by atoms with Crippen LogP contribution in [0.25, 0.3) is 0 Å². The van der Waals surface area contributed by atoms with Crippen molar-refractivity contribution in [3.8, 4) is 0 Å². The van der Waals surface area contributed by atoms with Crippen molar-refractivity contribution in [1.82, 2.24) is 4.31 Å². The van der Waals surface area contributed by atoms with Crippen LogP contribution in [-0.2, 0) is 10.0 Å². The minimum atomic E-state index is -3.88. The summed E-state index contributed by atoms with van der Waals surface area (Å²) in [5, 5.41) is 11.1. The van der Waals surface area contributed by atoms with Gasteiger partial charge in [-0.25, -0.2) is 8.42 Å². The van der Waals surface area contributed by atoms with E-state index in [1.165, 1.54) is 16.4 Å². The summed E-state index contributed by atoms with van der Waals surface area (Å²) in [6, 6.07) is 3.76. The lowest BCUT2D eigenvalue weighted by Gasteiger charge is -2.19. The van der Waals surface area contributed by atoms with E-state index in [-0.39, 0.29) is 10.6 Å². The van der Waals surface area contributed by atoms with Crippen molar-refractivity contribution in [2.45, 2.75) is 11.3 Å². The SMILES string of the molecule is NNc1ccc(S(=O)(=O)N2CCCSCC2)c([N+](=O)[O-])c1. The molecule has 1 aliphatic rings. The fourth-order valence-corrected chi connectivity index (χ4v) is 4.69. The number of sulfonamides is 1. The average molecular weight is 332 g/mol. The van der Waals surface area contributed by atoms with Gasteiger partial charge in [-0.05, 0) is 24.3 Å². The largest absolute Gasteiger partial charge is 0.324 e. The normalized spacial score (nSPS) is 17.2. The molecule has 0 aromatic heterocycles. The van der Waals surface area contributed by atoms with Gasteiger partial charge in [-0.15, -0.1) is 0 Å². The molecule has 1 aromatic rings. The van der Waals surface area contributed by atoms with E-state index in [4.69, 9.17) is 5.84 Å². The Kier molecular flexibility index (Phi) is 5.04. The van der Waals surface area contributed by atoms with Gasteiger partial charge in [-0.2, -0.15) is 16.1 Å². The van der Waals surface area contributed by atoms with E-state index in [9.17, 15) is 18.5 Å². The van der Waals surface area contributed by atoms with Crippen molar-refractivity contribution in [1.29, 1.82) is 0 Å². The summed E-state index contributed by atoms with van der Waals surface area (Å²) in [5.41, 5.74) is 2.09. The van der Waals surface area contributed by atoms with Crippen LogP contribution in [0, 0.1) is 10.1 Å². The fourth-order valence-electron chi connectivity index (χ4n) is 2.07. The third-order valence-corrected chi connectivity index (χ3v) is 6.12. The summed E-state index contributed by atoms with van der Waals surface area (Å²) in [6.45, 7) is 0.740. The van der Waals surface area contributed by atoms with Gasteiger partial charge >= 0.3 is 0 Å². The van der Waals surface area contributed by atoms with Crippen LogP contribution in [0.15, 0.2) is 23.1 Å². The van der Waals surface area contributed by atoms with Gasteiger partial charge in [0.05, 0.1) is 10.6 Å². The Morgan fingerprint density at radius 1 is 1.33 bits per heavy atom. The maximum absolute atomic E-state index is 12.6. The minimum absolute atomic E-state index is 0.284. The first-order chi connectivity index (χ1) is 9.96. The highest BCUT2D eigenvalue weighted by Crippen LogP contribution is 2.30. The summed E-state index contributed by atoms with van der Waals surface area (Å²) in [6.07, 6.45) is 0.736. The predicted molar refractivity (Wildman–Crippen MR) is 81.6 cm³/mol. The van der Waals surface area contributed by atoms with E-state index < -0.39 is 20.6 Å². The Balaban J connectivity index is 2.45. The smallest absolute Gasteiger partial charge is 0.291 e. The molecule has 3 N–H and O–H groups in total. The summed E-state index contributed by atoms with van der Waals surface area (Å²) < 4.78 is 26.6. The van der Waals surface area contributed by atoms with Gasteiger partial charge in [0.15, 0.2) is 4.90 Å². The van der Waals surface area contributed by atoms with Gasteiger partial charge in [0.2, 0.25) is 10.0 Å². The van der Waals surface area contributed by atoms with Crippen LogP contribution in [0.2, 0.25) is 0 Å². The van der Waals surface area contributed by atoms with Crippen molar-refractivity contribution in [3.63, 3.8) is 0 Å². The summed E-state index contributed by atoms with van der Waals surface area (Å²) in [5.74, 6) is 6.79. The molecule has 8 nitrogen and oxygen atoms in total. The fraction of sp³-hybridized carbons (Fsp3) is 0.455. The number of benzene rings is 1. The van der Waals surface area contributed by atoms with Crippen LogP contribution in [0.1, 0.15) is 6.42 Å². The Labute approximate surface area is 126 Å². The molecule has 0 amide bonds. The second kappa shape index (κ2) is 6.60. The molecule has 1 heterocycles. The standard InChI is InChI=1S/C11H16N4O4S2/c12-13-9-2-3-11(10(8-9)15(16)17)21(18,19)14-4-1-6-20-7-5-14/h2-3,8,13H,1,4-7,12H2. The lowest BCUT2D eigenvalue weighted by atomic mass is 10.3. The molecule has 2 rings (SSSR count). The first kappa shape index (κ1) is 16.0. The number of thioether (sulfide) groups is 1. The molecule has 1 aromatic carbocycles. The molecule has 0 spiro atoms. The van der Waals surface area contributed by atoms with E-state index in [1.807, 2.05) is 0 Å². The van der Waals surface area contributed by atoms with Crippen LogP contribution < -0.4 is 11.3 Å². The summed E-state index contributed by atoms with van der Waals surface area (Å²) >= 11 is 1.68. The number of nitro benzene ring substituents is 1. The number of anilines is 1. The zero-order valence-electron chi connectivity index (χ0n) is 11.2. The van der Waals surface area contributed by atoms with Crippen LogP contribution in [0.5, 0.6) is 0 Å². The molecule has 116 valence electrons. The number of hydrogen-bond donors (Lipinski definition) is 2. The lowest BCUT2D eigenvalue weighted by Crippen LogP contribution is -2.33. The zero-order chi connectivity index (χ0) is 15.5. The van der Waals surface area contributed by atoms with Crippen molar-refractivity contribution in [2.24, 2.45) is 5.84 Å². The molecule has 1 aliphatic heterocycles. The maximum Gasteiger partial charge on any atom is 0.291 e. The van der Waals surface area contributed by atoms with Gasteiger partial charge in [-0.3, -0.25) is 16.0 Å². The molecule has 0 bridgehead atoms. The number of nitro groups is 1. The zero-order valence-corrected chi connectivity index (χ0v) is 12.8. The number of nitrogens with one attached hydrogen (secondary N) is 1. The second-order valence-corrected chi connectivity index (χ2v) is 7.59. The molecule has 0 saturated carbocycles. The third kappa shape index (κ3) is 3.46. The Morgan fingerprint density at radius 2 is 2.10 bits per heavy atom. The molecular formula is C11H16N4O4S2. The van der Waals surface area contributed by atoms with Crippen LogP contribution in [-0.4, -0.2) is 42.2 Å². The van der Waals surface area contributed by atoms with Crippen molar-refractivity contribution in [2.75, 3.05) is 30.0 Å². The van der Waals surface area contributed by atoms with Crippen molar-refractivity contribution in [3.05, 3.63) is 28.3 Å². The molecule has 0 aliphatic carbocycles. The van der Waals surface area contributed by atoms with Crippen LogP contribution >= 0.6 is 11.8 Å². The minimum Gasteiger partial charge on any atom is -0.324 e. The monoisotopic (exact) mass is 332 g/mol. The lowest BCUT2D eigenvalue weighted by molar-refractivity contribution is -0.387. The second-order valence-electron chi connectivity index (χ2n) is 4.45. The number of nitrogens with two attached hydrogens (primary N) is 1. The first-order valence-electron chi connectivity index (χ1n) is 6.30. The predicted octanol–water partition coefficient (Wildman–Crippen LogP) is 1.01. The van der Waals surface area contributed by atoms with Gasteiger partial charge in [-0.1, -0.05) is 0 Å². The highest BCUT2D eigenvalue weighted by atomic mass is 32.2. The van der Waals surface area contributed by atoms with Gasteiger partial charge in [0.1, 0.15) is 0 Å². The molecule has 21 heavy (non-hydrogen) atoms. The Hall–Kier alpha value is -1.36. The number of nitrogen functional groups attached to an aromatic ring is 1. The number of hydrogen-bond acceptors (Lipinski definition) is 7. The molecule has 10 heteroatoms. The molecule has 1 saturated heterocycles. The number of rotatable bonds is 4. The Morgan fingerprint density at radius 3 is 2.76 bits per heavy atom. The van der Waals surface area contributed by atoms with Crippen molar-refractivity contribution < 1.29 is 13.3 Å². The number of nitrogens with zero attached hydrogens (tertiary/aromatic N) is 2. The third-order valence-electron chi connectivity index (χ3n) is 3.12. The van der Waals surface area contributed by atoms with E-state index in [1.54, 1.807) is 11.8 Å². The quantitative estimate of drug-likeness (QED) is 0.480. The van der Waals surface area contributed by atoms with Gasteiger partial charge in [0.25, 0.3) is 5.69 Å². The highest BCUT2D eigenvalue weighted by molar-refractivity contribution is 7.99. The van der Waals surface area contributed by atoms with Crippen LogP contribution in [0.4, 0.5) is 11.4 Å². The van der Waals surface area contributed by atoms with Gasteiger partial charge < -0.3 is 5.43 Å². The van der Waals surface area contributed by atoms with E-state index in [2.05, 4.69) is 5.43 Å². The first-order valence-corrected chi connectivity index (χ1v) is 8.89. The molecule has 1 fully saturated rings. The van der Waals surface area contributed by atoms with E-state index in [0.29, 0.717) is 18.8 Å². The summed E-state index contributed by atoms with van der Waals surface area (Å²) in [4.78, 5) is 10.1. The molecule has 0 unspecified atom stereocenters. The number of hydrazine groups is 1. The van der Waals surface area contributed by atoms with Crippen molar-refractivity contribution >= 4 is 33.2 Å². The summed E-state index contributed by atoms with van der Waals surface area (Å²) in [7, 11) is -3.88. The highest BCUT2D eigenvalue weighted by Gasteiger charge is 2.32. The Bertz CT molecular complexity index is 627. The molecular weight excluding hydrogens is 316 g/mol. The topological polar surface area (TPSA) is 119 Å². The van der Waals surface area contributed by atoms with Gasteiger partial charge in [0, 0.05) is 24.9 Å². The van der Waals surface area contributed by atoms with E-state index >= 15 is 0 Å². The molecule has 0 atom stereocenters. The van der Waals surface area contributed by atoms with E-state index in [0.717, 1.165) is 18.2 Å². The molecule has 0 radical (unpaired) electrons.